The Hall–Kier alpha value is 0.0700. The van der Waals surface area contributed by atoms with Crippen molar-refractivity contribution in [2.45, 2.75) is 19.3 Å². The maximum Gasteiger partial charge on any atom is 0.224 e. The third kappa shape index (κ3) is 6.28. The van der Waals surface area contributed by atoms with Gasteiger partial charge >= 0.3 is 0 Å². The number of unbranched alkanes of at least 4 members (excludes halogenated alkanes) is 1. The molecule has 0 bridgehead atoms. The second kappa shape index (κ2) is 9.31. The highest BCUT2D eigenvalue weighted by atomic mass is 35.5. The molecule has 15 heavy (non-hydrogen) atoms. The summed E-state index contributed by atoms with van der Waals surface area (Å²) in [5.41, 5.74) is 0. The van der Waals surface area contributed by atoms with Gasteiger partial charge in [-0.15, -0.1) is 12.4 Å². The summed E-state index contributed by atoms with van der Waals surface area (Å²) in [5, 5.41) is 6.20. The first kappa shape index (κ1) is 15.1. The number of nitrogens with one attached hydrogen (secondary N) is 2. The van der Waals surface area contributed by atoms with Gasteiger partial charge in [0.05, 0.1) is 5.92 Å². The van der Waals surface area contributed by atoms with E-state index >= 15 is 0 Å². The second-order valence-corrected chi connectivity index (χ2v) is 4.67. The molecule has 0 spiro atoms. The minimum Gasteiger partial charge on any atom is -0.356 e. The van der Waals surface area contributed by atoms with Crippen LogP contribution >= 0.6 is 24.2 Å². The molecule has 1 unspecified atom stereocenters. The molecule has 0 aromatic heterocycles. The number of thioether (sulfide) groups is 1. The van der Waals surface area contributed by atoms with Crippen LogP contribution in [0.2, 0.25) is 0 Å². The molecule has 0 aliphatic carbocycles. The van der Waals surface area contributed by atoms with Crippen LogP contribution < -0.4 is 10.6 Å². The van der Waals surface area contributed by atoms with E-state index in [9.17, 15) is 4.79 Å². The Balaban J connectivity index is 0.00000196. The fourth-order valence-electron chi connectivity index (χ4n) is 1.61. The van der Waals surface area contributed by atoms with Crippen LogP contribution in [-0.4, -0.2) is 37.6 Å². The molecule has 1 rings (SSSR count). The lowest BCUT2D eigenvalue weighted by molar-refractivity contribution is -0.124. The van der Waals surface area contributed by atoms with Crippen LogP contribution in [0.3, 0.4) is 0 Å². The highest BCUT2D eigenvalue weighted by Gasteiger charge is 2.21. The van der Waals surface area contributed by atoms with E-state index < -0.39 is 0 Å². The summed E-state index contributed by atoms with van der Waals surface area (Å²) < 4.78 is 0. The zero-order valence-electron chi connectivity index (χ0n) is 9.25. The maximum atomic E-state index is 11.5. The Morgan fingerprint density at radius 1 is 1.53 bits per heavy atom. The van der Waals surface area contributed by atoms with Gasteiger partial charge in [0.15, 0.2) is 0 Å². The van der Waals surface area contributed by atoms with Crippen molar-refractivity contribution < 1.29 is 4.79 Å². The number of halogens is 1. The molecule has 1 aliphatic rings. The van der Waals surface area contributed by atoms with E-state index in [1.54, 1.807) is 0 Å². The Morgan fingerprint density at radius 2 is 2.33 bits per heavy atom. The summed E-state index contributed by atoms with van der Waals surface area (Å²) in [7, 11) is 0. The van der Waals surface area contributed by atoms with Gasteiger partial charge in [0.25, 0.3) is 0 Å². The minimum atomic E-state index is 0. The minimum absolute atomic E-state index is 0. The molecule has 1 atom stereocenters. The van der Waals surface area contributed by atoms with Gasteiger partial charge in [0.2, 0.25) is 5.91 Å². The first-order chi connectivity index (χ1) is 6.84. The van der Waals surface area contributed by atoms with Crippen molar-refractivity contribution in [1.29, 1.82) is 0 Å². The number of carbonyl (C=O) groups is 1. The van der Waals surface area contributed by atoms with Crippen LogP contribution in [0.1, 0.15) is 19.3 Å². The molecule has 1 aliphatic heterocycles. The number of carbonyl (C=O) groups excluding carboxylic acids is 1. The van der Waals surface area contributed by atoms with Crippen LogP contribution in [0, 0.1) is 5.92 Å². The number of hydrogen-bond donors (Lipinski definition) is 2. The summed E-state index contributed by atoms with van der Waals surface area (Å²) in [6.07, 6.45) is 5.41. The number of hydrogen-bond acceptors (Lipinski definition) is 3. The highest BCUT2D eigenvalue weighted by molar-refractivity contribution is 7.98. The quantitative estimate of drug-likeness (QED) is 0.700. The Kier molecular flexibility index (Phi) is 9.35. The molecule has 3 nitrogen and oxygen atoms in total. The zero-order valence-corrected chi connectivity index (χ0v) is 10.9. The van der Waals surface area contributed by atoms with Gasteiger partial charge < -0.3 is 10.6 Å². The number of rotatable bonds is 6. The van der Waals surface area contributed by atoms with Crippen molar-refractivity contribution in [3.63, 3.8) is 0 Å². The summed E-state index contributed by atoms with van der Waals surface area (Å²) in [4.78, 5) is 11.5. The van der Waals surface area contributed by atoms with Crippen LogP contribution in [0.15, 0.2) is 0 Å². The van der Waals surface area contributed by atoms with E-state index in [1.807, 2.05) is 11.8 Å². The predicted molar refractivity (Wildman–Crippen MR) is 68.9 cm³/mol. The monoisotopic (exact) mass is 252 g/mol. The molecule has 1 amide bonds. The SMILES string of the molecule is CSCCCCNC(=O)C1CCNC1.Cl. The number of amides is 1. The summed E-state index contributed by atoms with van der Waals surface area (Å²) in [6.45, 7) is 2.69. The van der Waals surface area contributed by atoms with Crippen molar-refractivity contribution in [2.24, 2.45) is 5.92 Å². The molecule has 0 radical (unpaired) electrons. The summed E-state index contributed by atoms with van der Waals surface area (Å²) in [6, 6.07) is 0. The van der Waals surface area contributed by atoms with Gasteiger partial charge in [-0.25, -0.2) is 0 Å². The van der Waals surface area contributed by atoms with E-state index in [4.69, 9.17) is 0 Å². The van der Waals surface area contributed by atoms with Crippen LogP contribution in [-0.2, 0) is 4.79 Å². The topological polar surface area (TPSA) is 41.1 Å². The van der Waals surface area contributed by atoms with Gasteiger partial charge in [0.1, 0.15) is 0 Å². The standard InChI is InChI=1S/C10H20N2OS.ClH/c1-14-7-3-2-5-12-10(13)9-4-6-11-8-9;/h9,11H,2-8H2,1H3,(H,12,13);1H. The molecular formula is C10H21ClN2OS. The summed E-state index contributed by atoms with van der Waals surface area (Å²) in [5.74, 6) is 1.65. The lowest BCUT2D eigenvalue weighted by Gasteiger charge is -2.09. The molecule has 5 heteroatoms. The molecule has 1 saturated heterocycles. The molecule has 0 aromatic rings. The van der Waals surface area contributed by atoms with Crippen LogP contribution in [0.4, 0.5) is 0 Å². The maximum absolute atomic E-state index is 11.5. The van der Waals surface area contributed by atoms with Gasteiger partial charge in [0, 0.05) is 13.1 Å². The molecule has 0 aromatic carbocycles. The van der Waals surface area contributed by atoms with Crippen molar-refractivity contribution >= 4 is 30.1 Å². The first-order valence-electron chi connectivity index (χ1n) is 5.32. The average molecular weight is 253 g/mol. The molecule has 2 N–H and O–H groups in total. The Labute approximate surface area is 103 Å². The normalized spacial score (nSPS) is 19.7. The molecular weight excluding hydrogens is 232 g/mol. The van der Waals surface area contributed by atoms with Crippen LogP contribution in [0.25, 0.3) is 0 Å². The van der Waals surface area contributed by atoms with E-state index in [1.165, 1.54) is 12.2 Å². The van der Waals surface area contributed by atoms with Gasteiger partial charge in [-0.05, 0) is 37.8 Å². The molecule has 1 heterocycles. The van der Waals surface area contributed by atoms with Crippen molar-refractivity contribution in [3.05, 3.63) is 0 Å². The largest absolute Gasteiger partial charge is 0.356 e. The molecule has 0 saturated carbocycles. The van der Waals surface area contributed by atoms with E-state index in [0.717, 1.165) is 32.5 Å². The van der Waals surface area contributed by atoms with Crippen molar-refractivity contribution in [3.8, 4) is 0 Å². The van der Waals surface area contributed by atoms with Crippen molar-refractivity contribution in [1.82, 2.24) is 10.6 Å². The average Bonchev–Trinajstić information content (AvgIpc) is 2.70. The molecule has 90 valence electrons. The van der Waals surface area contributed by atoms with Gasteiger partial charge in [-0.2, -0.15) is 11.8 Å². The van der Waals surface area contributed by atoms with Crippen molar-refractivity contribution in [2.75, 3.05) is 31.6 Å². The Bertz CT molecular complexity index is 175. The smallest absolute Gasteiger partial charge is 0.224 e. The zero-order chi connectivity index (χ0) is 10.2. The van der Waals surface area contributed by atoms with Gasteiger partial charge in [-0.3, -0.25) is 4.79 Å². The summed E-state index contributed by atoms with van der Waals surface area (Å²) >= 11 is 1.86. The third-order valence-electron chi connectivity index (χ3n) is 2.51. The highest BCUT2D eigenvalue weighted by Crippen LogP contribution is 2.07. The van der Waals surface area contributed by atoms with E-state index in [-0.39, 0.29) is 24.2 Å². The lowest BCUT2D eigenvalue weighted by atomic mass is 10.1. The lowest BCUT2D eigenvalue weighted by Crippen LogP contribution is -2.32. The fraction of sp³-hybridized carbons (Fsp3) is 0.900. The fourth-order valence-corrected chi connectivity index (χ4v) is 2.10. The third-order valence-corrected chi connectivity index (χ3v) is 3.20. The first-order valence-corrected chi connectivity index (χ1v) is 6.71. The van der Waals surface area contributed by atoms with Crippen LogP contribution in [0.5, 0.6) is 0 Å². The Morgan fingerprint density at radius 3 is 2.93 bits per heavy atom. The van der Waals surface area contributed by atoms with Gasteiger partial charge in [-0.1, -0.05) is 0 Å². The predicted octanol–water partition coefficient (Wildman–Crippen LogP) is 1.28. The van der Waals surface area contributed by atoms with E-state index in [0.29, 0.717) is 0 Å². The van der Waals surface area contributed by atoms with E-state index in [2.05, 4.69) is 16.9 Å². The molecule has 1 fully saturated rings. The second-order valence-electron chi connectivity index (χ2n) is 3.68.